The Balaban J connectivity index is 1.18. The number of nitrogens with zero attached hydrogens (tertiary/aromatic N) is 4. The van der Waals surface area contributed by atoms with Crippen LogP contribution in [0.3, 0.4) is 0 Å². The molecule has 1 fully saturated rings. The molecule has 1 aliphatic rings. The van der Waals surface area contributed by atoms with Crippen molar-refractivity contribution in [2.45, 2.75) is 94.9 Å². The molecule has 3 aromatic rings. The molecule has 12 N–H and O–H groups in total. The molecule has 1 aliphatic heterocycles. The minimum atomic E-state index is -1.55. The fourth-order valence-electron chi connectivity index (χ4n) is 7.97. The van der Waals surface area contributed by atoms with Gasteiger partial charge in [0.2, 0.25) is 11.8 Å². The van der Waals surface area contributed by atoms with Gasteiger partial charge < -0.3 is 62.5 Å². The highest BCUT2D eigenvalue weighted by Gasteiger charge is 2.32. The standard InChI is InChI=1S/C51H68N10O13S/c62-41-13-5-3-10-35(41)32-52-26-28-60-30-31-61(29-27-53-33-36-11-4-6-14-42(36)63)47(60)34-16-18-37(19-17-34)56-51(75)55-25-8-1-2-15-43(64)57-38(20-22-44(65)66)46(69)54-24-9-7-12-39(48(70)71)58-50(74)59-40(49(72)73)21-23-45(67)68/h3-6,10-11,13-14,16-19,32-33,38-40,47,62-63H,1-2,7-9,12,15,20-31H2,(H,54,69)(H,57,64)(H,65,66)(H,67,68)(H,70,71)(H,72,73)(H2,55,56,75)(H2,58,59,74)/t38-,39-,40-,47?/m0/s1. The Morgan fingerprint density at radius 1 is 0.600 bits per heavy atom. The summed E-state index contributed by atoms with van der Waals surface area (Å²) < 4.78 is 0. The summed E-state index contributed by atoms with van der Waals surface area (Å²) in [7, 11) is 0. The number of urea groups is 1. The number of amides is 4. The van der Waals surface area contributed by atoms with Crippen molar-refractivity contribution in [1.29, 1.82) is 0 Å². The molecule has 3 aromatic carbocycles. The molecule has 0 unspecified atom stereocenters. The molecule has 0 spiro atoms. The van der Waals surface area contributed by atoms with Gasteiger partial charge in [0, 0.05) is 87.8 Å². The Morgan fingerprint density at radius 3 is 1.64 bits per heavy atom. The number of hydrogen-bond acceptors (Lipinski definition) is 14. The molecule has 1 heterocycles. The van der Waals surface area contributed by atoms with Gasteiger partial charge in [-0.25, -0.2) is 14.4 Å². The summed E-state index contributed by atoms with van der Waals surface area (Å²) in [5.41, 5.74) is 3.18. The van der Waals surface area contributed by atoms with Gasteiger partial charge in [0.1, 0.15) is 29.6 Å². The maximum atomic E-state index is 13.0. The third-order valence-electron chi connectivity index (χ3n) is 11.9. The van der Waals surface area contributed by atoms with Crippen LogP contribution in [0.4, 0.5) is 10.5 Å². The second kappa shape index (κ2) is 32.5. The molecular formula is C51H68N10O13S. The van der Waals surface area contributed by atoms with Gasteiger partial charge in [-0.1, -0.05) is 42.8 Å². The topological polar surface area (TPSA) is 344 Å². The molecule has 75 heavy (non-hydrogen) atoms. The third-order valence-corrected chi connectivity index (χ3v) is 12.2. The molecule has 0 aliphatic carbocycles. The number of carboxylic acid groups (broad SMARTS) is 4. The summed E-state index contributed by atoms with van der Waals surface area (Å²) >= 11 is 5.56. The zero-order valence-electron chi connectivity index (χ0n) is 41.6. The first-order valence-electron chi connectivity index (χ1n) is 24.7. The summed E-state index contributed by atoms with van der Waals surface area (Å²) in [5.74, 6) is -6.02. The lowest BCUT2D eigenvalue weighted by atomic mass is 10.1. The SMILES string of the molecule is O=C(O)CC[C@H](NC(=O)N[C@@H](CCCCNC(=O)[C@H](CCC(=O)O)NC(=O)CCCCCNC(=S)Nc1ccc(C2N(CCN=Cc3ccccc3O)CCN2CCN=Cc2ccccc2O)cc1)C(=O)O)C(=O)O. The first-order valence-corrected chi connectivity index (χ1v) is 25.1. The number of unbranched alkanes of at least 4 members (excludes halogenated alkanes) is 3. The number of benzene rings is 3. The lowest BCUT2D eigenvalue weighted by molar-refractivity contribution is -0.141. The van der Waals surface area contributed by atoms with Gasteiger partial charge in [0.05, 0.1) is 19.3 Å². The van der Waals surface area contributed by atoms with Crippen LogP contribution in [0, 0.1) is 0 Å². The van der Waals surface area contributed by atoms with Crippen LogP contribution in [0.2, 0.25) is 0 Å². The van der Waals surface area contributed by atoms with Crippen LogP contribution in [0.5, 0.6) is 11.5 Å². The summed E-state index contributed by atoms with van der Waals surface area (Å²) in [4.78, 5) is 97.1. The van der Waals surface area contributed by atoms with Gasteiger partial charge in [-0.2, -0.15) is 0 Å². The van der Waals surface area contributed by atoms with Gasteiger partial charge in [-0.05, 0) is 99.1 Å². The largest absolute Gasteiger partial charge is 0.507 e. The average molecular weight is 1060 g/mol. The summed E-state index contributed by atoms with van der Waals surface area (Å²) in [6.45, 7) is 4.65. The van der Waals surface area contributed by atoms with E-state index in [0.717, 1.165) is 24.3 Å². The summed E-state index contributed by atoms with van der Waals surface area (Å²) in [5, 5.41) is 73.3. The van der Waals surface area contributed by atoms with Crippen LogP contribution < -0.4 is 31.9 Å². The van der Waals surface area contributed by atoms with E-state index in [0.29, 0.717) is 68.2 Å². The Bertz CT molecular complexity index is 2380. The van der Waals surface area contributed by atoms with Crippen molar-refractivity contribution in [3.63, 3.8) is 0 Å². The predicted molar refractivity (Wildman–Crippen MR) is 283 cm³/mol. The zero-order chi connectivity index (χ0) is 54.5. The molecule has 23 nitrogen and oxygen atoms in total. The molecule has 4 rings (SSSR count). The number of aliphatic imine (C=N–C) groups is 2. The van der Waals surface area contributed by atoms with Crippen LogP contribution >= 0.6 is 12.2 Å². The summed E-state index contributed by atoms with van der Waals surface area (Å²) in [6.07, 6.45) is 4.08. The van der Waals surface area contributed by atoms with Crippen molar-refractivity contribution < 1.29 is 64.2 Å². The van der Waals surface area contributed by atoms with Gasteiger partial charge in [-0.3, -0.25) is 39.0 Å². The number of aliphatic carboxylic acids is 4. The number of rotatable bonds is 33. The highest BCUT2D eigenvalue weighted by Crippen LogP contribution is 2.30. The fourth-order valence-corrected chi connectivity index (χ4v) is 8.19. The van der Waals surface area contributed by atoms with E-state index in [1.54, 1.807) is 36.7 Å². The number of thiocarbonyl (C=S) groups is 1. The van der Waals surface area contributed by atoms with Crippen molar-refractivity contribution in [2.75, 3.05) is 57.7 Å². The van der Waals surface area contributed by atoms with Crippen LogP contribution in [-0.2, 0) is 28.8 Å². The molecule has 0 saturated carbocycles. The molecule has 4 amide bonds. The predicted octanol–water partition coefficient (Wildman–Crippen LogP) is 3.51. The molecule has 0 aromatic heterocycles. The highest BCUT2D eigenvalue weighted by molar-refractivity contribution is 7.80. The molecule has 0 bridgehead atoms. The smallest absolute Gasteiger partial charge is 0.326 e. The molecule has 3 atom stereocenters. The molecule has 0 radical (unpaired) electrons. The first-order chi connectivity index (χ1) is 36.0. The number of para-hydroxylation sites is 2. The van der Waals surface area contributed by atoms with E-state index in [4.69, 9.17) is 17.3 Å². The number of anilines is 1. The minimum Gasteiger partial charge on any atom is -0.507 e. The number of aromatic hydroxyl groups is 2. The second-order valence-corrected chi connectivity index (χ2v) is 18.0. The minimum absolute atomic E-state index is 0.0387. The normalized spacial score (nSPS) is 14.9. The van der Waals surface area contributed by atoms with E-state index in [2.05, 4.69) is 58.5 Å². The quantitative estimate of drug-likeness (QED) is 0.0236. The van der Waals surface area contributed by atoms with Gasteiger partial charge >= 0.3 is 29.9 Å². The van der Waals surface area contributed by atoms with E-state index in [1.807, 2.05) is 41.7 Å². The van der Waals surface area contributed by atoms with E-state index < -0.39 is 72.7 Å². The molecule has 406 valence electrons. The fraction of sp³-hybridized carbons (Fsp3) is 0.451. The first kappa shape index (κ1) is 59.9. The monoisotopic (exact) mass is 1060 g/mol. The molecular weight excluding hydrogens is 993 g/mol. The zero-order valence-corrected chi connectivity index (χ0v) is 42.4. The van der Waals surface area contributed by atoms with Crippen molar-refractivity contribution in [1.82, 2.24) is 36.4 Å². The van der Waals surface area contributed by atoms with E-state index in [-0.39, 0.29) is 62.7 Å². The average Bonchev–Trinajstić information content (AvgIpc) is 3.77. The Hall–Kier alpha value is -7.70. The van der Waals surface area contributed by atoms with E-state index >= 15 is 0 Å². The highest BCUT2D eigenvalue weighted by atomic mass is 32.1. The third kappa shape index (κ3) is 22.5. The number of carbonyl (C=O) groups is 7. The molecule has 24 heteroatoms. The van der Waals surface area contributed by atoms with Crippen molar-refractivity contribution in [2.24, 2.45) is 9.98 Å². The van der Waals surface area contributed by atoms with Crippen LogP contribution in [-0.4, -0.2) is 170 Å². The van der Waals surface area contributed by atoms with E-state index in [9.17, 15) is 59.1 Å². The number of hydrogen-bond donors (Lipinski definition) is 12. The number of phenolic OH excluding ortho intramolecular Hbond substituents is 2. The number of carbonyl (C=O) groups excluding carboxylic acids is 3. The van der Waals surface area contributed by atoms with Crippen molar-refractivity contribution in [3.05, 3.63) is 89.5 Å². The van der Waals surface area contributed by atoms with E-state index in [1.165, 1.54) is 0 Å². The van der Waals surface area contributed by atoms with Crippen LogP contribution in [0.15, 0.2) is 82.8 Å². The molecule has 1 saturated heterocycles. The number of nitrogens with one attached hydrogen (secondary N) is 6. The second-order valence-electron chi connectivity index (χ2n) is 17.6. The van der Waals surface area contributed by atoms with Gasteiger partial charge in [0.25, 0.3) is 0 Å². The van der Waals surface area contributed by atoms with Crippen LogP contribution in [0.25, 0.3) is 0 Å². The lowest BCUT2D eigenvalue weighted by Gasteiger charge is -2.30. The Kier molecular flexibility index (Phi) is 25.9. The van der Waals surface area contributed by atoms with Crippen molar-refractivity contribution in [3.8, 4) is 11.5 Å². The number of phenols is 2. The lowest BCUT2D eigenvalue weighted by Crippen LogP contribution is -2.51. The van der Waals surface area contributed by atoms with Gasteiger partial charge in [0.15, 0.2) is 5.11 Å². The summed E-state index contributed by atoms with van der Waals surface area (Å²) in [6, 6.07) is 16.9. The van der Waals surface area contributed by atoms with Crippen molar-refractivity contribution >= 4 is 77.2 Å². The Morgan fingerprint density at radius 2 is 1.11 bits per heavy atom. The van der Waals surface area contributed by atoms with Gasteiger partial charge in [-0.15, -0.1) is 0 Å². The Labute approximate surface area is 439 Å². The number of carboxylic acids is 4. The maximum Gasteiger partial charge on any atom is 0.326 e. The maximum absolute atomic E-state index is 13.0. The van der Waals surface area contributed by atoms with Crippen LogP contribution in [0.1, 0.15) is 93.5 Å².